The Morgan fingerprint density at radius 2 is 2.15 bits per heavy atom. The molecule has 1 aromatic heterocycles. The van der Waals surface area contributed by atoms with Gasteiger partial charge in [0.2, 0.25) is 11.9 Å². The Morgan fingerprint density at radius 1 is 1.44 bits per heavy atom. The molecular formula is C18H13BrFN5O2. The first-order valence-electron chi connectivity index (χ1n) is 8.18. The van der Waals surface area contributed by atoms with Gasteiger partial charge in [-0.15, -0.1) is 0 Å². The number of amides is 2. The lowest BCUT2D eigenvalue weighted by atomic mass is 9.86. The van der Waals surface area contributed by atoms with Crippen molar-refractivity contribution in [1.82, 2.24) is 14.9 Å². The van der Waals surface area contributed by atoms with Gasteiger partial charge in [0.05, 0.1) is 18.0 Å². The van der Waals surface area contributed by atoms with E-state index >= 15 is 0 Å². The van der Waals surface area contributed by atoms with Gasteiger partial charge in [0.25, 0.3) is 5.91 Å². The molecule has 4 rings (SSSR count). The average molecular weight is 430 g/mol. The Balaban J connectivity index is 1.52. The summed E-state index contributed by atoms with van der Waals surface area (Å²) in [5.74, 6) is -0.754. The third-order valence-electron chi connectivity index (χ3n) is 4.86. The molecule has 0 bridgehead atoms. The number of nitriles is 1. The van der Waals surface area contributed by atoms with Crippen LogP contribution in [0.5, 0.6) is 0 Å². The van der Waals surface area contributed by atoms with Gasteiger partial charge in [-0.1, -0.05) is 15.9 Å². The maximum atomic E-state index is 14.2. The van der Waals surface area contributed by atoms with Crippen LogP contribution >= 0.6 is 15.9 Å². The summed E-state index contributed by atoms with van der Waals surface area (Å²) >= 11 is 3.37. The highest BCUT2D eigenvalue weighted by Gasteiger charge is 2.61. The minimum Gasteiger partial charge on any atom is -0.328 e. The first-order valence-corrected chi connectivity index (χ1v) is 8.97. The van der Waals surface area contributed by atoms with Crippen molar-refractivity contribution in [2.24, 2.45) is 0 Å². The molecule has 0 unspecified atom stereocenters. The molecule has 2 amide bonds. The first kappa shape index (κ1) is 17.5. The number of carbonyl (C=O) groups is 2. The quantitative estimate of drug-likeness (QED) is 0.805. The molecule has 1 fully saturated rings. The van der Waals surface area contributed by atoms with Crippen molar-refractivity contribution in [1.29, 1.82) is 5.26 Å². The predicted octanol–water partition coefficient (Wildman–Crippen LogP) is 2.18. The van der Waals surface area contributed by atoms with Crippen molar-refractivity contribution in [3.05, 3.63) is 51.8 Å². The number of rotatable bonds is 3. The molecule has 2 aliphatic rings. The fraction of sp³-hybridized carbons (Fsp3) is 0.278. The van der Waals surface area contributed by atoms with Gasteiger partial charge in [0.1, 0.15) is 18.8 Å². The number of hydrogen-bond donors (Lipinski definition) is 1. The standard InChI is InChI=1S/C18H13BrFN5O2/c19-11-1-2-12-13(3-11)18(4-14(18)20)9-25(16(12)27)8-15(26)24-17-22-6-10(5-21)7-23-17/h1-3,6-7,14H,4,8-9H2,(H,22,23,24,26)/t14-,18-/m1/s1. The molecule has 1 spiro atoms. The Kier molecular flexibility index (Phi) is 4.15. The highest BCUT2D eigenvalue weighted by atomic mass is 79.9. The van der Waals surface area contributed by atoms with Gasteiger partial charge in [0, 0.05) is 22.0 Å². The normalized spacial score (nSPS) is 22.9. The van der Waals surface area contributed by atoms with Crippen LogP contribution in [0.3, 0.4) is 0 Å². The number of aromatic nitrogens is 2. The molecule has 136 valence electrons. The minimum absolute atomic E-state index is 0.0392. The monoisotopic (exact) mass is 429 g/mol. The van der Waals surface area contributed by atoms with Crippen LogP contribution in [-0.2, 0) is 10.2 Å². The molecule has 2 atom stereocenters. The molecule has 9 heteroatoms. The summed E-state index contributed by atoms with van der Waals surface area (Å²) in [6.45, 7) is -0.0791. The molecule has 1 aliphatic heterocycles. The molecule has 1 aromatic carbocycles. The zero-order chi connectivity index (χ0) is 19.2. The molecule has 0 saturated heterocycles. The molecule has 0 radical (unpaired) electrons. The van der Waals surface area contributed by atoms with E-state index in [0.29, 0.717) is 17.5 Å². The SMILES string of the molecule is N#Cc1cnc(NC(=O)CN2C[C@]3(C[C@H]3F)c3cc(Br)ccc3C2=O)nc1. The smallest absolute Gasteiger partial charge is 0.254 e. The summed E-state index contributed by atoms with van der Waals surface area (Å²) in [5, 5.41) is 11.2. The third-order valence-corrected chi connectivity index (χ3v) is 5.35. The van der Waals surface area contributed by atoms with E-state index in [2.05, 4.69) is 31.2 Å². The van der Waals surface area contributed by atoms with Crippen molar-refractivity contribution in [3.8, 4) is 6.07 Å². The van der Waals surface area contributed by atoms with Crippen LogP contribution < -0.4 is 5.32 Å². The van der Waals surface area contributed by atoms with Crippen molar-refractivity contribution >= 4 is 33.7 Å². The van der Waals surface area contributed by atoms with Crippen LogP contribution in [-0.4, -0.2) is 45.9 Å². The van der Waals surface area contributed by atoms with Gasteiger partial charge >= 0.3 is 0 Å². The van der Waals surface area contributed by atoms with Crippen molar-refractivity contribution < 1.29 is 14.0 Å². The van der Waals surface area contributed by atoms with E-state index in [-0.39, 0.29) is 30.5 Å². The minimum atomic E-state index is -1.04. The van der Waals surface area contributed by atoms with Crippen molar-refractivity contribution in [3.63, 3.8) is 0 Å². The lowest BCUT2D eigenvalue weighted by Gasteiger charge is -2.34. The van der Waals surface area contributed by atoms with Crippen molar-refractivity contribution in [2.45, 2.75) is 18.0 Å². The number of hydrogen-bond acceptors (Lipinski definition) is 5. The van der Waals surface area contributed by atoms with Crippen LogP contribution in [0.25, 0.3) is 0 Å². The maximum Gasteiger partial charge on any atom is 0.254 e. The number of alkyl halides is 1. The van der Waals surface area contributed by atoms with Crippen LogP contribution in [0.4, 0.5) is 10.3 Å². The molecule has 2 heterocycles. The van der Waals surface area contributed by atoms with E-state index in [1.807, 2.05) is 6.07 Å². The molecule has 1 saturated carbocycles. The Bertz CT molecular complexity index is 990. The molecular weight excluding hydrogens is 417 g/mol. The third kappa shape index (κ3) is 3.06. The number of carbonyl (C=O) groups excluding carboxylic acids is 2. The van der Waals surface area contributed by atoms with Crippen LogP contribution in [0.2, 0.25) is 0 Å². The summed E-state index contributed by atoms with van der Waals surface area (Å²) in [5.41, 5.74) is 0.651. The van der Waals surface area contributed by atoms with E-state index in [9.17, 15) is 14.0 Å². The number of halogens is 2. The molecule has 1 aliphatic carbocycles. The summed E-state index contributed by atoms with van der Waals surface area (Å²) < 4.78 is 15.0. The average Bonchev–Trinajstić information content (AvgIpc) is 3.30. The second-order valence-corrected chi connectivity index (χ2v) is 7.55. The zero-order valence-electron chi connectivity index (χ0n) is 13.9. The summed E-state index contributed by atoms with van der Waals surface area (Å²) in [6, 6.07) is 7.05. The van der Waals surface area contributed by atoms with Crippen LogP contribution in [0.1, 0.15) is 27.9 Å². The largest absolute Gasteiger partial charge is 0.328 e. The molecule has 2 aromatic rings. The van der Waals surface area contributed by atoms with Gasteiger partial charge in [-0.25, -0.2) is 14.4 Å². The van der Waals surface area contributed by atoms with E-state index in [1.165, 1.54) is 17.3 Å². The lowest BCUT2D eigenvalue weighted by molar-refractivity contribution is -0.117. The van der Waals surface area contributed by atoms with Gasteiger partial charge < -0.3 is 4.90 Å². The van der Waals surface area contributed by atoms with E-state index < -0.39 is 17.5 Å². The van der Waals surface area contributed by atoms with E-state index in [0.717, 1.165) is 4.47 Å². The lowest BCUT2D eigenvalue weighted by Crippen LogP contribution is -2.47. The van der Waals surface area contributed by atoms with Crippen molar-refractivity contribution in [2.75, 3.05) is 18.4 Å². The molecule has 27 heavy (non-hydrogen) atoms. The number of nitrogens with one attached hydrogen (secondary N) is 1. The Labute approximate surface area is 162 Å². The number of fused-ring (bicyclic) bond motifs is 2. The summed E-state index contributed by atoms with van der Waals surface area (Å²) in [6.07, 6.45) is 1.87. The number of anilines is 1. The van der Waals surface area contributed by atoms with Gasteiger partial charge in [-0.2, -0.15) is 5.26 Å². The molecule has 7 nitrogen and oxygen atoms in total. The van der Waals surface area contributed by atoms with Crippen LogP contribution in [0, 0.1) is 11.3 Å². The summed E-state index contributed by atoms with van der Waals surface area (Å²) in [4.78, 5) is 34.2. The fourth-order valence-corrected chi connectivity index (χ4v) is 3.76. The van der Waals surface area contributed by atoms with Crippen LogP contribution in [0.15, 0.2) is 35.1 Å². The highest BCUT2D eigenvalue weighted by Crippen LogP contribution is 2.54. The number of benzene rings is 1. The zero-order valence-corrected chi connectivity index (χ0v) is 15.5. The van der Waals surface area contributed by atoms with E-state index in [4.69, 9.17) is 5.26 Å². The van der Waals surface area contributed by atoms with Gasteiger partial charge in [-0.3, -0.25) is 14.9 Å². The second kappa shape index (κ2) is 6.39. The Morgan fingerprint density at radius 3 is 2.78 bits per heavy atom. The van der Waals surface area contributed by atoms with Gasteiger partial charge in [-0.05, 0) is 30.2 Å². The predicted molar refractivity (Wildman–Crippen MR) is 96.6 cm³/mol. The highest BCUT2D eigenvalue weighted by molar-refractivity contribution is 9.10. The van der Waals surface area contributed by atoms with E-state index in [1.54, 1.807) is 18.2 Å². The Hall–Kier alpha value is -2.86. The first-order chi connectivity index (χ1) is 12.9. The fourth-order valence-electron chi connectivity index (χ4n) is 3.40. The topological polar surface area (TPSA) is 99.0 Å². The van der Waals surface area contributed by atoms with Gasteiger partial charge in [0.15, 0.2) is 0 Å². The number of nitrogens with zero attached hydrogens (tertiary/aromatic N) is 4. The molecule has 1 N–H and O–H groups in total. The maximum absolute atomic E-state index is 14.2. The summed E-state index contributed by atoms with van der Waals surface area (Å²) in [7, 11) is 0. The second-order valence-electron chi connectivity index (χ2n) is 6.63.